The molecule has 0 amide bonds. The molecule has 3 N–H and O–H groups in total. The van der Waals surface area contributed by atoms with Gasteiger partial charge in [-0.05, 0) is 50.1 Å². The number of hydrogen-bond acceptors (Lipinski definition) is 7. The Labute approximate surface area is 188 Å². The number of piperazine rings is 1. The van der Waals surface area contributed by atoms with Crippen LogP contribution in [0.4, 0.5) is 23.4 Å². The van der Waals surface area contributed by atoms with Crippen molar-refractivity contribution in [2.45, 2.75) is 20.3 Å². The first-order valence-corrected chi connectivity index (χ1v) is 11.2. The Kier molecular flexibility index (Phi) is 5.53. The molecule has 1 fully saturated rings. The third kappa shape index (κ3) is 4.45. The first kappa shape index (κ1) is 20.5. The van der Waals surface area contributed by atoms with Crippen LogP contribution in [0.25, 0.3) is 11.2 Å². The van der Waals surface area contributed by atoms with Crippen molar-refractivity contribution in [2.24, 2.45) is 5.92 Å². The zero-order valence-corrected chi connectivity index (χ0v) is 18.9. The molecule has 3 aromatic rings. The number of aryl methyl sites for hydroxylation is 1. The molecule has 1 aromatic carbocycles. The minimum Gasteiger partial charge on any atom is -0.352 e. The van der Waals surface area contributed by atoms with Crippen molar-refractivity contribution in [3.8, 4) is 0 Å². The zero-order valence-electron chi connectivity index (χ0n) is 18.9. The maximum absolute atomic E-state index is 4.92. The van der Waals surface area contributed by atoms with E-state index < -0.39 is 0 Å². The van der Waals surface area contributed by atoms with Crippen molar-refractivity contribution in [1.82, 2.24) is 24.8 Å². The second-order valence-corrected chi connectivity index (χ2v) is 8.82. The van der Waals surface area contributed by atoms with Crippen LogP contribution in [0, 0.1) is 12.8 Å². The second kappa shape index (κ2) is 8.63. The van der Waals surface area contributed by atoms with Gasteiger partial charge < -0.3 is 25.4 Å². The molecule has 1 aliphatic carbocycles. The van der Waals surface area contributed by atoms with Crippen LogP contribution in [-0.2, 0) is 0 Å². The third-order valence-electron chi connectivity index (χ3n) is 5.97. The van der Waals surface area contributed by atoms with Crippen molar-refractivity contribution in [3.05, 3.63) is 53.8 Å². The average molecular weight is 431 g/mol. The highest BCUT2D eigenvalue weighted by molar-refractivity contribution is 5.87. The number of nitrogens with one attached hydrogen (secondary N) is 3. The van der Waals surface area contributed by atoms with Gasteiger partial charge in [0.15, 0.2) is 11.5 Å². The number of hydrogen-bond donors (Lipinski definition) is 3. The molecule has 0 bridgehead atoms. The van der Waals surface area contributed by atoms with Gasteiger partial charge in [0.05, 0.1) is 0 Å². The van der Waals surface area contributed by atoms with Gasteiger partial charge in [-0.1, -0.05) is 31.2 Å². The number of H-pyrrole nitrogens is 1. The molecule has 1 aliphatic heterocycles. The lowest BCUT2D eigenvalue weighted by atomic mass is 10.0. The van der Waals surface area contributed by atoms with Crippen molar-refractivity contribution < 1.29 is 0 Å². The van der Waals surface area contributed by atoms with E-state index >= 15 is 0 Å². The summed E-state index contributed by atoms with van der Waals surface area (Å²) in [6, 6.07) is 8.24. The summed E-state index contributed by atoms with van der Waals surface area (Å²) in [5.74, 6) is 2.66. The van der Waals surface area contributed by atoms with Crippen LogP contribution in [0.2, 0.25) is 0 Å². The van der Waals surface area contributed by atoms with Gasteiger partial charge in [-0.2, -0.15) is 15.0 Å². The minimum absolute atomic E-state index is 0.499. The lowest BCUT2D eigenvalue weighted by Crippen LogP contribution is -2.45. The van der Waals surface area contributed by atoms with Crippen molar-refractivity contribution >= 4 is 34.6 Å². The van der Waals surface area contributed by atoms with Gasteiger partial charge in [0.1, 0.15) is 5.52 Å². The second-order valence-electron chi connectivity index (χ2n) is 8.82. The van der Waals surface area contributed by atoms with E-state index in [9.17, 15) is 0 Å². The van der Waals surface area contributed by atoms with Crippen LogP contribution in [0.15, 0.2) is 48.2 Å². The zero-order chi connectivity index (χ0) is 22.1. The number of aromatic nitrogens is 4. The number of anilines is 4. The van der Waals surface area contributed by atoms with Gasteiger partial charge in [-0.25, -0.2) is 0 Å². The van der Waals surface area contributed by atoms with Gasteiger partial charge >= 0.3 is 0 Å². The topological polar surface area (TPSA) is 85.0 Å². The predicted octanol–water partition coefficient (Wildman–Crippen LogP) is 4.05. The highest BCUT2D eigenvalue weighted by Gasteiger charge is 2.22. The molecule has 3 heterocycles. The van der Waals surface area contributed by atoms with E-state index in [0.717, 1.165) is 55.3 Å². The molecule has 0 saturated carbocycles. The fourth-order valence-corrected chi connectivity index (χ4v) is 4.18. The van der Waals surface area contributed by atoms with Crippen molar-refractivity contribution in [3.63, 3.8) is 0 Å². The number of benzene rings is 1. The van der Waals surface area contributed by atoms with Crippen LogP contribution in [0.5, 0.6) is 0 Å². The number of nitrogens with zero attached hydrogens (tertiary/aromatic N) is 5. The van der Waals surface area contributed by atoms with Crippen LogP contribution in [-0.4, -0.2) is 58.1 Å². The Morgan fingerprint density at radius 2 is 1.91 bits per heavy atom. The number of rotatable bonds is 5. The summed E-state index contributed by atoms with van der Waals surface area (Å²) in [5.41, 5.74) is 4.83. The van der Waals surface area contributed by atoms with E-state index in [1.54, 1.807) is 0 Å². The van der Waals surface area contributed by atoms with Gasteiger partial charge in [-0.15, -0.1) is 0 Å². The van der Waals surface area contributed by atoms with E-state index in [2.05, 4.69) is 76.7 Å². The van der Waals surface area contributed by atoms with Gasteiger partial charge in [0.25, 0.3) is 0 Å². The summed E-state index contributed by atoms with van der Waals surface area (Å²) in [7, 11) is 2.16. The van der Waals surface area contributed by atoms with Gasteiger partial charge in [0.2, 0.25) is 11.9 Å². The quantitative estimate of drug-likeness (QED) is 0.563. The van der Waals surface area contributed by atoms with E-state index in [1.807, 2.05) is 12.1 Å². The van der Waals surface area contributed by atoms with Crippen LogP contribution >= 0.6 is 0 Å². The number of likely N-dealkylation sites (N-methyl/N-ethyl adjacent to an activating group) is 1. The molecule has 8 nitrogen and oxygen atoms in total. The summed E-state index contributed by atoms with van der Waals surface area (Å²) in [5, 5.41) is 6.81. The maximum atomic E-state index is 4.92. The molecule has 2 aliphatic rings. The molecule has 0 radical (unpaired) electrons. The molecular formula is C24H30N8. The van der Waals surface area contributed by atoms with Crippen molar-refractivity contribution in [2.75, 3.05) is 48.8 Å². The summed E-state index contributed by atoms with van der Waals surface area (Å²) in [4.78, 5) is 22.5. The number of fused-ring (bicyclic) bond motifs is 1. The van der Waals surface area contributed by atoms with E-state index in [-0.39, 0.29) is 0 Å². The molecule has 0 spiro atoms. The molecule has 5 rings (SSSR count). The summed E-state index contributed by atoms with van der Waals surface area (Å²) >= 11 is 0. The summed E-state index contributed by atoms with van der Waals surface area (Å²) in [6.45, 7) is 8.14. The minimum atomic E-state index is 0.499. The fourth-order valence-electron chi connectivity index (χ4n) is 4.18. The first-order chi connectivity index (χ1) is 15.5. The van der Waals surface area contributed by atoms with Crippen LogP contribution in [0.1, 0.15) is 18.9 Å². The molecule has 2 aromatic heterocycles. The Morgan fingerprint density at radius 1 is 1.06 bits per heavy atom. The number of aromatic amines is 1. The molecule has 166 valence electrons. The van der Waals surface area contributed by atoms with Crippen LogP contribution in [0.3, 0.4) is 0 Å². The Balaban J connectivity index is 1.50. The van der Waals surface area contributed by atoms with Crippen molar-refractivity contribution in [1.29, 1.82) is 0 Å². The lowest BCUT2D eigenvalue weighted by molar-refractivity contribution is 0.312. The van der Waals surface area contributed by atoms with E-state index in [1.165, 1.54) is 5.56 Å². The lowest BCUT2D eigenvalue weighted by Gasteiger charge is -2.33. The Morgan fingerprint density at radius 3 is 2.69 bits per heavy atom. The number of allylic oxidation sites excluding steroid dienone is 4. The molecule has 1 atom stereocenters. The third-order valence-corrected chi connectivity index (χ3v) is 5.97. The Bertz CT molecular complexity index is 1170. The molecular weight excluding hydrogens is 400 g/mol. The van der Waals surface area contributed by atoms with E-state index in [4.69, 9.17) is 15.0 Å². The standard InChI is InChI=1S/C24H30N8/c1-16-6-4-8-18(14-16)25-23-27-20-21(28-23)29-24(26-19-9-5-7-17(2)15-19)30-22(20)32-12-10-31(3)11-13-32/h4-9,14,17H,10-13,15H2,1-3H3,(H3,25,26,27,28,29,30). The highest BCUT2D eigenvalue weighted by Crippen LogP contribution is 2.28. The fraction of sp³-hybridized carbons (Fsp3) is 0.375. The van der Waals surface area contributed by atoms with E-state index in [0.29, 0.717) is 23.5 Å². The molecule has 1 unspecified atom stereocenters. The smallest absolute Gasteiger partial charge is 0.231 e. The summed E-state index contributed by atoms with van der Waals surface area (Å²) in [6.07, 6.45) is 7.34. The maximum Gasteiger partial charge on any atom is 0.231 e. The van der Waals surface area contributed by atoms with Gasteiger partial charge in [0, 0.05) is 37.6 Å². The predicted molar refractivity (Wildman–Crippen MR) is 130 cm³/mol. The molecule has 1 saturated heterocycles. The molecule has 8 heteroatoms. The summed E-state index contributed by atoms with van der Waals surface area (Å²) < 4.78 is 0. The highest BCUT2D eigenvalue weighted by atomic mass is 15.3. The monoisotopic (exact) mass is 430 g/mol. The normalized spacial score (nSPS) is 19.3. The average Bonchev–Trinajstić information content (AvgIpc) is 3.16. The van der Waals surface area contributed by atoms with Gasteiger partial charge in [-0.3, -0.25) is 0 Å². The van der Waals surface area contributed by atoms with Crippen LogP contribution < -0.4 is 15.5 Å². The first-order valence-electron chi connectivity index (χ1n) is 11.2. The number of imidazole rings is 1. The largest absolute Gasteiger partial charge is 0.352 e. The Hall–Kier alpha value is -3.39. The molecule has 32 heavy (non-hydrogen) atoms. The SMILES string of the molecule is Cc1cccc(Nc2nc3nc(NC4=CC=CC(C)C4)nc(N4CCN(C)CC4)c3[nH]2)c1.